The molecule has 1 saturated heterocycles. The van der Waals surface area contributed by atoms with Crippen molar-refractivity contribution in [3.05, 3.63) is 34.9 Å². The number of benzene rings is 1. The maximum Gasteiger partial charge on any atom is 0.261 e. The van der Waals surface area contributed by atoms with Crippen molar-refractivity contribution in [3.63, 3.8) is 0 Å². The molecule has 1 aromatic carbocycles. The summed E-state index contributed by atoms with van der Waals surface area (Å²) in [5, 5.41) is 0.518. The number of hydrogen-bond donors (Lipinski definition) is 0. The van der Waals surface area contributed by atoms with Gasteiger partial charge in [0.25, 0.3) is 5.91 Å². The summed E-state index contributed by atoms with van der Waals surface area (Å²) in [6.07, 6.45) is 2.30. The molecule has 0 bridgehead atoms. The first kappa shape index (κ1) is 18.5. The first-order valence-corrected chi connectivity index (χ1v) is 8.78. The van der Waals surface area contributed by atoms with Crippen LogP contribution in [0.1, 0.15) is 49.9 Å². The van der Waals surface area contributed by atoms with Crippen LogP contribution in [-0.4, -0.2) is 46.7 Å². The number of halogens is 1. The molecule has 1 atom stereocenters. The normalized spacial score (nSPS) is 17.2. The Morgan fingerprint density at radius 3 is 2.29 bits per heavy atom. The summed E-state index contributed by atoms with van der Waals surface area (Å²) in [7, 11) is 0. The second-order valence-corrected chi connectivity index (χ2v) is 6.39. The number of rotatable bonds is 6. The summed E-state index contributed by atoms with van der Waals surface area (Å²) in [4.78, 5) is 40.6. The molecule has 0 spiro atoms. The lowest BCUT2D eigenvalue weighted by molar-refractivity contribution is -0.139. The molecule has 0 aromatic heterocycles. The fraction of sp³-hybridized carbons (Fsp3) is 0.500. The molecule has 24 heavy (non-hydrogen) atoms. The van der Waals surface area contributed by atoms with Gasteiger partial charge < -0.3 is 4.90 Å². The Balaban J connectivity index is 2.23. The van der Waals surface area contributed by atoms with E-state index in [4.69, 9.17) is 11.6 Å². The van der Waals surface area contributed by atoms with Crippen LogP contribution in [0.25, 0.3) is 0 Å². The predicted octanol–water partition coefficient (Wildman–Crippen LogP) is 3.12. The number of hydrogen-bond acceptors (Lipinski definition) is 3. The molecule has 1 aromatic rings. The third-order valence-corrected chi connectivity index (χ3v) is 4.36. The van der Waals surface area contributed by atoms with E-state index in [9.17, 15) is 14.4 Å². The minimum absolute atomic E-state index is 0.133. The average Bonchev–Trinajstić information content (AvgIpc) is 2.95. The largest absolute Gasteiger partial charge is 0.341 e. The maximum absolute atomic E-state index is 12.8. The molecule has 2 rings (SSSR count). The number of nitrogens with zero attached hydrogens (tertiary/aromatic N) is 2. The Morgan fingerprint density at radius 2 is 1.75 bits per heavy atom. The molecule has 1 fully saturated rings. The first-order chi connectivity index (χ1) is 11.5. The Labute approximate surface area is 147 Å². The monoisotopic (exact) mass is 350 g/mol. The molecule has 1 heterocycles. The van der Waals surface area contributed by atoms with Crippen molar-refractivity contribution < 1.29 is 14.4 Å². The van der Waals surface area contributed by atoms with Crippen LogP contribution in [0, 0.1) is 0 Å². The van der Waals surface area contributed by atoms with Gasteiger partial charge in [-0.1, -0.05) is 25.4 Å². The van der Waals surface area contributed by atoms with Crippen LogP contribution in [0.15, 0.2) is 24.3 Å². The maximum atomic E-state index is 12.8. The van der Waals surface area contributed by atoms with Crippen LogP contribution in [0.3, 0.4) is 0 Å². The van der Waals surface area contributed by atoms with Crippen molar-refractivity contribution in [1.29, 1.82) is 0 Å². The van der Waals surface area contributed by atoms with Gasteiger partial charge in [-0.3, -0.25) is 19.3 Å². The molecule has 5 nitrogen and oxygen atoms in total. The van der Waals surface area contributed by atoms with Gasteiger partial charge in [-0.25, -0.2) is 0 Å². The van der Waals surface area contributed by atoms with Gasteiger partial charge in [-0.15, -0.1) is 0 Å². The summed E-state index contributed by atoms with van der Waals surface area (Å²) < 4.78 is 0. The third kappa shape index (κ3) is 3.96. The summed E-state index contributed by atoms with van der Waals surface area (Å²) in [5.41, 5.74) is 0.366. The smallest absolute Gasteiger partial charge is 0.261 e. The van der Waals surface area contributed by atoms with E-state index in [0.29, 0.717) is 30.1 Å². The van der Waals surface area contributed by atoms with Crippen molar-refractivity contribution in [2.45, 2.75) is 45.6 Å². The quantitative estimate of drug-likeness (QED) is 0.741. The van der Waals surface area contributed by atoms with E-state index in [1.807, 2.05) is 13.8 Å². The molecule has 0 aliphatic carbocycles. The van der Waals surface area contributed by atoms with Crippen molar-refractivity contribution in [2.24, 2.45) is 0 Å². The summed E-state index contributed by atoms with van der Waals surface area (Å²) in [6, 6.07) is 5.67. The minimum atomic E-state index is -0.696. The van der Waals surface area contributed by atoms with Gasteiger partial charge in [-0.05, 0) is 43.5 Å². The van der Waals surface area contributed by atoms with Crippen LogP contribution in [0.4, 0.5) is 0 Å². The summed E-state index contributed by atoms with van der Waals surface area (Å²) in [6.45, 7) is 5.29. The van der Waals surface area contributed by atoms with Gasteiger partial charge in [-0.2, -0.15) is 0 Å². The lowest BCUT2D eigenvalue weighted by atomic mass is 10.1. The van der Waals surface area contributed by atoms with Crippen molar-refractivity contribution >= 4 is 29.3 Å². The number of carbonyl (C=O) groups is 3. The Morgan fingerprint density at radius 1 is 1.17 bits per heavy atom. The Kier molecular flexibility index (Phi) is 6.37. The van der Waals surface area contributed by atoms with Crippen LogP contribution in [0.5, 0.6) is 0 Å². The highest BCUT2D eigenvalue weighted by molar-refractivity contribution is 6.30. The average molecular weight is 351 g/mol. The first-order valence-electron chi connectivity index (χ1n) is 8.40. The van der Waals surface area contributed by atoms with Crippen molar-refractivity contribution in [2.75, 3.05) is 13.1 Å². The van der Waals surface area contributed by atoms with E-state index in [1.165, 1.54) is 0 Å². The van der Waals surface area contributed by atoms with Gasteiger partial charge in [0.05, 0.1) is 0 Å². The lowest BCUT2D eigenvalue weighted by Crippen LogP contribution is -2.49. The highest BCUT2D eigenvalue weighted by atomic mass is 35.5. The fourth-order valence-corrected chi connectivity index (χ4v) is 3.11. The van der Waals surface area contributed by atoms with Crippen molar-refractivity contribution in [1.82, 2.24) is 9.80 Å². The molecule has 3 amide bonds. The van der Waals surface area contributed by atoms with E-state index in [1.54, 1.807) is 29.2 Å². The fourth-order valence-electron chi connectivity index (χ4n) is 2.99. The molecule has 0 saturated carbocycles. The molecule has 0 radical (unpaired) electrons. The van der Waals surface area contributed by atoms with Crippen LogP contribution in [0.2, 0.25) is 5.02 Å². The number of likely N-dealkylation sites (tertiary alicyclic amines) is 1. The van der Waals surface area contributed by atoms with E-state index in [0.717, 1.165) is 17.7 Å². The molecular weight excluding hydrogens is 328 g/mol. The standard InChI is InChI=1S/C18H23ClN2O3/c1-3-11-20(12-4-2)18(24)15-9-10-16(22)21(15)17(23)13-5-7-14(19)8-6-13/h5-8,15H,3-4,9-12H2,1-2H3/t15-/m0/s1. The van der Waals surface area contributed by atoms with E-state index in [-0.39, 0.29) is 18.2 Å². The Bertz CT molecular complexity index is 609. The summed E-state index contributed by atoms with van der Waals surface area (Å²) >= 11 is 5.84. The molecule has 0 N–H and O–H groups in total. The van der Waals surface area contributed by atoms with Crippen LogP contribution >= 0.6 is 11.6 Å². The Hall–Kier alpha value is -1.88. The van der Waals surface area contributed by atoms with E-state index >= 15 is 0 Å². The molecule has 1 aliphatic heterocycles. The van der Waals surface area contributed by atoms with Gasteiger partial charge in [0, 0.05) is 30.1 Å². The zero-order valence-electron chi connectivity index (χ0n) is 14.1. The molecule has 1 aliphatic rings. The topological polar surface area (TPSA) is 57.7 Å². The van der Waals surface area contributed by atoms with E-state index in [2.05, 4.69) is 0 Å². The summed E-state index contributed by atoms with van der Waals surface area (Å²) in [5.74, 6) is -0.853. The number of carbonyl (C=O) groups excluding carboxylic acids is 3. The molecule has 6 heteroatoms. The predicted molar refractivity (Wildman–Crippen MR) is 92.8 cm³/mol. The zero-order chi connectivity index (χ0) is 17.7. The molecular formula is C18H23ClN2O3. The SMILES string of the molecule is CCCN(CCC)C(=O)[C@@H]1CCC(=O)N1C(=O)c1ccc(Cl)cc1. The van der Waals surface area contributed by atoms with Gasteiger partial charge >= 0.3 is 0 Å². The third-order valence-electron chi connectivity index (χ3n) is 4.11. The van der Waals surface area contributed by atoms with Crippen LogP contribution < -0.4 is 0 Å². The van der Waals surface area contributed by atoms with Crippen LogP contribution in [-0.2, 0) is 9.59 Å². The highest BCUT2D eigenvalue weighted by Gasteiger charge is 2.41. The zero-order valence-corrected chi connectivity index (χ0v) is 14.9. The lowest BCUT2D eigenvalue weighted by Gasteiger charge is -2.29. The highest BCUT2D eigenvalue weighted by Crippen LogP contribution is 2.24. The van der Waals surface area contributed by atoms with E-state index < -0.39 is 11.9 Å². The second kappa shape index (κ2) is 8.29. The minimum Gasteiger partial charge on any atom is -0.341 e. The van der Waals surface area contributed by atoms with Gasteiger partial charge in [0.15, 0.2) is 0 Å². The van der Waals surface area contributed by atoms with Crippen molar-refractivity contribution in [3.8, 4) is 0 Å². The van der Waals surface area contributed by atoms with Gasteiger partial charge in [0.1, 0.15) is 6.04 Å². The van der Waals surface area contributed by atoms with Gasteiger partial charge in [0.2, 0.25) is 11.8 Å². The number of imide groups is 1. The second-order valence-electron chi connectivity index (χ2n) is 5.96. The molecule has 0 unspecified atom stereocenters. The molecule has 130 valence electrons. The number of amides is 3.